The summed E-state index contributed by atoms with van der Waals surface area (Å²) < 4.78 is 16.7. The molecule has 4 aromatic rings. The van der Waals surface area contributed by atoms with Gasteiger partial charge in [-0.15, -0.1) is 0 Å². The normalized spacial score (nSPS) is 10.9. The number of para-hydroxylation sites is 1. The van der Waals surface area contributed by atoms with E-state index in [1.807, 2.05) is 50.2 Å². The van der Waals surface area contributed by atoms with E-state index in [4.69, 9.17) is 0 Å². The fourth-order valence-corrected chi connectivity index (χ4v) is 3.31. The second-order valence-electron chi connectivity index (χ2n) is 6.78. The number of carbonyl (C=O) groups excluding carboxylic acids is 1. The van der Waals surface area contributed by atoms with E-state index >= 15 is 0 Å². The van der Waals surface area contributed by atoms with Gasteiger partial charge in [0.05, 0.1) is 29.2 Å². The van der Waals surface area contributed by atoms with Crippen LogP contribution in [0.3, 0.4) is 0 Å². The Morgan fingerprint density at radius 2 is 1.83 bits per heavy atom. The zero-order valence-electron chi connectivity index (χ0n) is 16.1. The highest BCUT2D eigenvalue weighted by molar-refractivity contribution is 6.05. The molecule has 2 aromatic heterocycles. The number of aromatic nitrogens is 4. The number of benzene rings is 2. The van der Waals surface area contributed by atoms with Crippen molar-refractivity contribution in [3.8, 4) is 5.69 Å². The minimum atomic E-state index is -0.287. The van der Waals surface area contributed by atoms with Crippen molar-refractivity contribution in [3.63, 3.8) is 0 Å². The molecule has 7 heteroatoms. The highest BCUT2D eigenvalue weighted by Gasteiger charge is 2.20. The first-order valence-electron chi connectivity index (χ1n) is 9.22. The van der Waals surface area contributed by atoms with Crippen molar-refractivity contribution >= 4 is 11.7 Å². The number of hydrogen-bond acceptors (Lipinski definition) is 3. The summed E-state index contributed by atoms with van der Waals surface area (Å²) in [7, 11) is 0. The fourth-order valence-electron chi connectivity index (χ4n) is 3.31. The molecular weight excluding hydrogens is 369 g/mol. The van der Waals surface area contributed by atoms with Crippen LogP contribution >= 0.6 is 0 Å². The maximum Gasteiger partial charge on any atom is 0.260 e. The molecule has 0 radical (unpaired) electrons. The zero-order valence-corrected chi connectivity index (χ0v) is 16.1. The molecule has 0 aliphatic heterocycles. The van der Waals surface area contributed by atoms with Crippen LogP contribution in [0.2, 0.25) is 0 Å². The maximum absolute atomic E-state index is 13.3. The van der Waals surface area contributed by atoms with Gasteiger partial charge in [-0.05, 0) is 43.7 Å². The van der Waals surface area contributed by atoms with Crippen molar-refractivity contribution in [1.82, 2.24) is 19.6 Å². The minimum Gasteiger partial charge on any atom is -0.305 e. The van der Waals surface area contributed by atoms with Gasteiger partial charge in [0, 0.05) is 12.3 Å². The van der Waals surface area contributed by atoms with Crippen LogP contribution in [0.15, 0.2) is 66.9 Å². The quantitative estimate of drug-likeness (QED) is 0.558. The predicted molar refractivity (Wildman–Crippen MR) is 109 cm³/mol. The van der Waals surface area contributed by atoms with Gasteiger partial charge in [0.2, 0.25) is 0 Å². The number of amides is 1. The molecule has 29 heavy (non-hydrogen) atoms. The van der Waals surface area contributed by atoms with Gasteiger partial charge in [-0.2, -0.15) is 10.2 Å². The van der Waals surface area contributed by atoms with Gasteiger partial charge in [-0.1, -0.05) is 30.3 Å². The molecule has 2 heterocycles. The SMILES string of the molecule is Cc1nn(-c2ccccc2)c(C)c1C(=O)Nc1ccn(Cc2cccc(F)c2)n1. The first-order valence-corrected chi connectivity index (χ1v) is 9.22. The number of halogens is 1. The molecule has 0 bridgehead atoms. The molecule has 0 aliphatic carbocycles. The molecule has 0 saturated heterocycles. The molecule has 0 fully saturated rings. The van der Waals surface area contributed by atoms with Gasteiger partial charge >= 0.3 is 0 Å². The molecule has 2 aromatic carbocycles. The number of anilines is 1. The molecular formula is C22H20FN5O. The van der Waals surface area contributed by atoms with E-state index in [-0.39, 0.29) is 11.7 Å². The van der Waals surface area contributed by atoms with Crippen LogP contribution in [-0.2, 0) is 6.54 Å². The predicted octanol–water partition coefficient (Wildman–Crippen LogP) is 4.13. The topological polar surface area (TPSA) is 64.7 Å². The molecule has 0 aliphatic rings. The van der Waals surface area contributed by atoms with Crippen LogP contribution in [0.5, 0.6) is 0 Å². The largest absolute Gasteiger partial charge is 0.305 e. The van der Waals surface area contributed by atoms with E-state index < -0.39 is 0 Å². The third-order valence-electron chi connectivity index (χ3n) is 4.64. The summed E-state index contributed by atoms with van der Waals surface area (Å²) in [4.78, 5) is 12.8. The van der Waals surface area contributed by atoms with E-state index in [9.17, 15) is 9.18 Å². The van der Waals surface area contributed by atoms with E-state index in [0.29, 0.717) is 23.6 Å². The summed E-state index contributed by atoms with van der Waals surface area (Å²) in [5.41, 5.74) is 3.61. The second-order valence-corrected chi connectivity index (χ2v) is 6.78. The molecule has 0 atom stereocenters. The lowest BCUT2D eigenvalue weighted by Crippen LogP contribution is -2.15. The average molecular weight is 389 g/mol. The van der Waals surface area contributed by atoms with Crippen molar-refractivity contribution in [2.24, 2.45) is 0 Å². The Kier molecular flexibility index (Phi) is 4.95. The van der Waals surface area contributed by atoms with Crippen LogP contribution < -0.4 is 5.32 Å². The maximum atomic E-state index is 13.3. The van der Waals surface area contributed by atoms with Gasteiger partial charge in [0.1, 0.15) is 5.82 Å². The number of nitrogens with one attached hydrogen (secondary N) is 1. The van der Waals surface area contributed by atoms with Gasteiger partial charge < -0.3 is 5.32 Å². The monoisotopic (exact) mass is 389 g/mol. The first kappa shape index (κ1) is 18.6. The molecule has 1 N–H and O–H groups in total. The lowest BCUT2D eigenvalue weighted by atomic mass is 10.2. The van der Waals surface area contributed by atoms with Crippen molar-refractivity contribution in [2.75, 3.05) is 5.32 Å². The van der Waals surface area contributed by atoms with Crippen LogP contribution in [-0.4, -0.2) is 25.5 Å². The summed E-state index contributed by atoms with van der Waals surface area (Å²) in [6.45, 7) is 4.09. The van der Waals surface area contributed by atoms with Crippen molar-refractivity contribution in [1.29, 1.82) is 0 Å². The molecule has 0 saturated carbocycles. The number of hydrogen-bond donors (Lipinski definition) is 1. The molecule has 0 spiro atoms. The highest BCUT2D eigenvalue weighted by atomic mass is 19.1. The van der Waals surface area contributed by atoms with Crippen LogP contribution in [0.4, 0.5) is 10.2 Å². The number of nitrogens with zero attached hydrogens (tertiary/aromatic N) is 4. The van der Waals surface area contributed by atoms with Crippen molar-refractivity contribution in [3.05, 3.63) is 95.2 Å². The lowest BCUT2D eigenvalue weighted by Gasteiger charge is -2.05. The van der Waals surface area contributed by atoms with Gasteiger partial charge in [0.25, 0.3) is 5.91 Å². The average Bonchev–Trinajstić information content (AvgIpc) is 3.25. The van der Waals surface area contributed by atoms with E-state index in [2.05, 4.69) is 15.5 Å². The minimum absolute atomic E-state index is 0.266. The number of aryl methyl sites for hydroxylation is 1. The standard InChI is InChI=1S/C22H20FN5O/c1-15-21(16(2)28(25-15)19-9-4-3-5-10-19)22(29)24-20-11-12-27(26-20)14-17-7-6-8-18(23)13-17/h3-13H,14H2,1-2H3,(H,24,26,29). The van der Waals surface area contributed by atoms with Gasteiger partial charge in [-0.3, -0.25) is 9.48 Å². The summed E-state index contributed by atoms with van der Waals surface area (Å²) >= 11 is 0. The highest BCUT2D eigenvalue weighted by Crippen LogP contribution is 2.19. The third kappa shape index (κ3) is 3.94. The van der Waals surface area contributed by atoms with Gasteiger partial charge in [-0.25, -0.2) is 9.07 Å². The van der Waals surface area contributed by atoms with Crippen LogP contribution in [0.1, 0.15) is 27.3 Å². The Labute approximate surface area is 167 Å². The lowest BCUT2D eigenvalue weighted by molar-refractivity contribution is 0.102. The summed E-state index contributed by atoms with van der Waals surface area (Å²) in [6.07, 6.45) is 1.74. The summed E-state index contributed by atoms with van der Waals surface area (Å²) in [6, 6.07) is 17.7. The third-order valence-corrected chi connectivity index (χ3v) is 4.64. The Hall–Kier alpha value is -3.74. The number of rotatable bonds is 5. The van der Waals surface area contributed by atoms with Gasteiger partial charge in [0.15, 0.2) is 5.82 Å². The van der Waals surface area contributed by atoms with Crippen LogP contribution in [0.25, 0.3) is 5.69 Å². The van der Waals surface area contributed by atoms with Crippen molar-refractivity contribution in [2.45, 2.75) is 20.4 Å². The van der Waals surface area contributed by atoms with E-state index in [1.54, 1.807) is 27.7 Å². The Balaban J connectivity index is 1.52. The molecule has 1 amide bonds. The Bertz CT molecular complexity index is 1160. The van der Waals surface area contributed by atoms with E-state index in [0.717, 1.165) is 16.9 Å². The second kappa shape index (κ2) is 7.71. The summed E-state index contributed by atoms with van der Waals surface area (Å²) in [5, 5.41) is 11.7. The molecule has 6 nitrogen and oxygen atoms in total. The Morgan fingerprint density at radius 3 is 2.59 bits per heavy atom. The smallest absolute Gasteiger partial charge is 0.260 e. The van der Waals surface area contributed by atoms with E-state index in [1.165, 1.54) is 12.1 Å². The number of carbonyl (C=O) groups is 1. The van der Waals surface area contributed by atoms with Crippen LogP contribution in [0, 0.1) is 19.7 Å². The molecule has 0 unspecified atom stereocenters. The first-order chi connectivity index (χ1) is 14.0. The van der Waals surface area contributed by atoms with Crippen molar-refractivity contribution < 1.29 is 9.18 Å². The molecule has 146 valence electrons. The molecule has 4 rings (SSSR count). The zero-order chi connectivity index (χ0) is 20.4. The fraction of sp³-hybridized carbons (Fsp3) is 0.136. The Morgan fingerprint density at radius 1 is 1.03 bits per heavy atom. The summed E-state index contributed by atoms with van der Waals surface area (Å²) in [5.74, 6) is -0.125.